The van der Waals surface area contributed by atoms with E-state index in [-0.39, 0.29) is 18.4 Å². The molecule has 0 aromatic heterocycles. The van der Waals surface area contributed by atoms with Gasteiger partial charge in [0.1, 0.15) is 5.85 Å². The highest BCUT2D eigenvalue weighted by molar-refractivity contribution is 7.52. The van der Waals surface area contributed by atoms with Crippen molar-refractivity contribution in [2.24, 2.45) is 5.92 Å². The first-order valence-electron chi connectivity index (χ1n) is 6.43. The molecule has 8 nitrogen and oxygen atoms in total. The van der Waals surface area contributed by atoms with Crippen LogP contribution in [0.15, 0.2) is 0 Å². The smallest absolute Gasteiger partial charge is 0.470 e. The Morgan fingerprint density at radius 2 is 1.90 bits per heavy atom. The molecule has 0 spiro atoms. The summed E-state index contributed by atoms with van der Waals surface area (Å²) in [4.78, 5) is 38.0. The first-order chi connectivity index (χ1) is 8.83. The van der Waals surface area contributed by atoms with Crippen molar-refractivity contribution in [3.63, 3.8) is 0 Å². The summed E-state index contributed by atoms with van der Waals surface area (Å²) in [5, 5.41) is 0. The van der Waals surface area contributed by atoms with Gasteiger partial charge in [0.15, 0.2) is 7.60 Å². The molecule has 0 radical (unpaired) electrons. The van der Waals surface area contributed by atoms with Crippen LogP contribution in [0, 0.1) is 5.92 Å². The molecule has 1 fully saturated rings. The number of nitrogens with zero attached hydrogens (tertiary/aromatic N) is 1. The molecule has 0 aromatic carbocycles. The van der Waals surface area contributed by atoms with Crippen LogP contribution in [0.25, 0.3) is 0 Å². The van der Waals surface area contributed by atoms with Crippen molar-refractivity contribution in [1.82, 2.24) is 0 Å². The lowest BCUT2D eigenvalue weighted by Gasteiger charge is -2.46. The molecular formula is C10H23NO7P2. The van der Waals surface area contributed by atoms with Crippen LogP contribution in [0.5, 0.6) is 0 Å². The van der Waals surface area contributed by atoms with Crippen molar-refractivity contribution in [1.29, 1.82) is 0 Å². The fourth-order valence-electron chi connectivity index (χ4n) is 2.99. The van der Waals surface area contributed by atoms with E-state index >= 15 is 0 Å². The van der Waals surface area contributed by atoms with Gasteiger partial charge >= 0.3 is 7.82 Å². The molecule has 0 aliphatic carbocycles. The summed E-state index contributed by atoms with van der Waals surface area (Å²) >= 11 is 0. The molecule has 1 aliphatic rings. The molecule has 3 N–H and O–H groups in total. The Hall–Kier alpha value is 0.220. The lowest BCUT2D eigenvalue weighted by Crippen LogP contribution is -2.56. The second kappa shape index (κ2) is 6.15. The van der Waals surface area contributed by atoms with E-state index in [4.69, 9.17) is 14.7 Å². The maximum atomic E-state index is 11.3. The van der Waals surface area contributed by atoms with Gasteiger partial charge in [0, 0.05) is 12.3 Å². The van der Waals surface area contributed by atoms with Gasteiger partial charge in [-0.2, -0.15) is 0 Å². The number of rotatable bonds is 5. The Labute approximate surface area is 118 Å². The van der Waals surface area contributed by atoms with Crippen molar-refractivity contribution in [2.45, 2.75) is 38.1 Å². The zero-order valence-electron chi connectivity index (χ0n) is 11.9. The number of hydrogen-bond donors (Lipinski definition) is 3. The minimum absolute atomic E-state index is 0.142. The number of quaternary nitrogens is 1. The van der Waals surface area contributed by atoms with E-state index in [0.717, 1.165) is 19.4 Å². The van der Waals surface area contributed by atoms with Crippen LogP contribution in [0.4, 0.5) is 0 Å². The largest absolute Gasteiger partial charge is 0.777 e. The quantitative estimate of drug-likeness (QED) is 0.486. The molecule has 4 unspecified atom stereocenters. The topological polar surface area (TPSA) is 127 Å². The van der Waals surface area contributed by atoms with E-state index < -0.39 is 21.3 Å². The normalized spacial score (nSPS) is 31.6. The van der Waals surface area contributed by atoms with Gasteiger partial charge in [-0.3, -0.25) is 4.52 Å². The minimum atomic E-state index is -5.00. The van der Waals surface area contributed by atoms with Gasteiger partial charge in [-0.15, -0.1) is 0 Å². The van der Waals surface area contributed by atoms with Crippen LogP contribution < -0.4 is 4.89 Å². The van der Waals surface area contributed by atoms with Crippen molar-refractivity contribution < 1.29 is 37.7 Å². The summed E-state index contributed by atoms with van der Waals surface area (Å²) in [6.45, 7) is 2.80. The number of phosphoric acid groups is 1. The van der Waals surface area contributed by atoms with E-state index in [1.807, 2.05) is 21.0 Å². The molecule has 20 heavy (non-hydrogen) atoms. The van der Waals surface area contributed by atoms with Crippen molar-refractivity contribution >= 4 is 15.4 Å². The molecule has 10 heteroatoms. The molecule has 1 saturated heterocycles. The second-order valence-electron chi connectivity index (χ2n) is 6.04. The maximum absolute atomic E-state index is 11.3. The Bertz CT molecular complexity index is 429. The average Bonchev–Trinajstić information content (AvgIpc) is 2.18. The predicted molar refractivity (Wildman–Crippen MR) is 70.5 cm³/mol. The fourth-order valence-corrected chi connectivity index (χ4v) is 4.72. The standard InChI is InChI=1S/C10H23NO7P2/c1-8-5-4-6-11(2,3)9(8)7-10(19(12,13)14)18-20(15,16)17/h8-10H,4-7H2,1-3H3,(H3-,12,13,14,15,16,17). The van der Waals surface area contributed by atoms with E-state index in [1.165, 1.54) is 0 Å². The number of piperidine rings is 1. The van der Waals surface area contributed by atoms with E-state index in [1.54, 1.807) is 0 Å². The lowest BCUT2D eigenvalue weighted by molar-refractivity contribution is -0.924. The lowest BCUT2D eigenvalue weighted by atomic mass is 9.87. The SMILES string of the molecule is CC1CCC[N+](C)(C)C1CC(OP(=O)(O)O)P(=O)([O-])O. The third-order valence-corrected chi connectivity index (χ3v) is 5.75. The van der Waals surface area contributed by atoms with E-state index in [2.05, 4.69) is 4.52 Å². The second-order valence-corrected chi connectivity index (χ2v) is 8.94. The molecule has 1 rings (SSSR count). The zero-order chi connectivity index (χ0) is 15.8. The molecule has 1 heterocycles. The summed E-state index contributed by atoms with van der Waals surface area (Å²) in [5.74, 6) is -1.71. The van der Waals surface area contributed by atoms with Gasteiger partial charge in [0.05, 0.1) is 26.7 Å². The molecule has 0 bridgehead atoms. The Morgan fingerprint density at radius 1 is 1.35 bits per heavy atom. The number of hydrogen-bond acceptors (Lipinski definition) is 4. The van der Waals surface area contributed by atoms with Gasteiger partial charge in [-0.05, 0) is 12.8 Å². The van der Waals surface area contributed by atoms with Crippen molar-refractivity contribution in [3.05, 3.63) is 0 Å². The van der Waals surface area contributed by atoms with Crippen LogP contribution in [-0.4, -0.2) is 51.7 Å². The summed E-state index contributed by atoms with van der Waals surface area (Å²) in [6.07, 6.45) is 1.77. The molecule has 0 saturated carbocycles. The molecule has 0 amide bonds. The van der Waals surface area contributed by atoms with Crippen molar-refractivity contribution in [2.75, 3.05) is 20.6 Å². The van der Waals surface area contributed by atoms with E-state index in [9.17, 15) is 14.0 Å². The average molecular weight is 331 g/mol. The minimum Gasteiger partial charge on any atom is -0.777 e. The highest BCUT2D eigenvalue weighted by Crippen LogP contribution is 2.50. The van der Waals surface area contributed by atoms with Crippen LogP contribution in [0.3, 0.4) is 0 Å². The zero-order valence-corrected chi connectivity index (χ0v) is 13.7. The van der Waals surface area contributed by atoms with Crippen LogP contribution in [-0.2, 0) is 13.7 Å². The summed E-state index contributed by atoms with van der Waals surface area (Å²) < 4.78 is 27.0. The third kappa shape index (κ3) is 5.20. The summed E-state index contributed by atoms with van der Waals surface area (Å²) in [5.41, 5.74) is 0. The molecule has 1 aliphatic heterocycles. The highest BCUT2D eigenvalue weighted by Gasteiger charge is 2.42. The van der Waals surface area contributed by atoms with Gasteiger partial charge in [-0.25, -0.2) is 4.57 Å². The molecule has 0 aromatic rings. The Morgan fingerprint density at radius 3 is 2.30 bits per heavy atom. The van der Waals surface area contributed by atoms with Crippen molar-refractivity contribution in [3.8, 4) is 0 Å². The van der Waals surface area contributed by atoms with Gasteiger partial charge in [0.25, 0.3) is 0 Å². The maximum Gasteiger partial charge on any atom is 0.470 e. The third-order valence-electron chi connectivity index (χ3n) is 4.01. The van der Waals surface area contributed by atoms with Crippen LogP contribution in [0.2, 0.25) is 0 Å². The summed E-state index contributed by atoms with van der Waals surface area (Å²) in [6, 6.07) is -0.158. The highest BCUT2D eigenvalue weighted by atomic mass is 31.2. The fraction of sp³-hybridized carbons (Fsp3) is 1.00. The molecule has 120 valence electrons. The van der Waals surface area contributed by atoms with Crippen LogP contribution >= 0.6 is 15.4 Å². The molecular weight excluding hydrogens is 308 g/mol. The Kier molecular flexibility index (Phi) is 5.61. The first-order valence-corrected chi connectivity index (χ1v) is 9.61. The predicted octanol–water partition coefficient (Wildman–Crippen LogP) is 0.232. The Balaban J connectivity index is 2.93. The number of likely N-dealkylation sites (tertiary alicyclic amines) is 1. The van der Waals surface area contributed by atoms with Gasteiger partial charge in [-0.1, -0.05) is 6.92 Å². The molecule has 4 atom stereocenters. The van der Waals surface area contributed by atoms with Gasteiger partial charge < -0.3 is 28.6 Å². The summed E-state index contributed by atoms with van der Waals surface area (Å²) in [7, 11) is -6.12. The monoisotopic (exact) mass is 331 g/mol. The number of phosphoric ester groups is 1. The van der Waals surface area contributed by atoms with E-state index in [0.29, 0.717) is 4.48 Å². The first kappa shape index (κ1) is 18.3. The van der Waals surface area contributed by atoms with Gasteiger partial charge in [0.2, 0.25) is 0 Å². The van der Waals surface area contributed by atoms with Crippen LogP contribution in [0.1, 0.15) is 26.2 Å².